The van der Waals surface area contributed by atoms with E-state index in [1.165, 1.54) is 0 Å². The summed E-state index contributed by atoms with van der Waals surface area (Å²) in [5.74, 6) is 1.05. The van der Waals surface area contributed by atoms with Crippen molar-refractivity contribution in [1.82, 2.24) is 4.90 Å². The molecule has 0 aromatic carbocycles. The monoisotopic (exact) mass is 242 g/mol. The number of hydrogen-bond donors (Lipinski definition) is 1. The molecule has 1 saturated heterocycles. The van der Waals surface area contributed by atoms with E-state index in [0.29, 0.717) is 24.8 Å². The number of hydrogen-bond acceptors (Lipinski definition) is 3. The Bertz CT molecular complexity index is 256. The van der Waals surface area contributed by atoms with Gasteiger partial charge in [-0.3, -0.25) is 4.79 Å². The Balaban J connectivity index is 2.47. The van der Waals surface area contributed by atoms with Gasteiger partial charge >= 0.3 is 0 Å². The Morgan fingerprint density at radius 1 is 1.53 bits per heavy atom. The SMILES string of the molecule is COC1CN(C(=O)CC(N)C(C)C)CCC1C. The number of piperidine rings is 1. The number of carbonyl (C=O) groups is 1. The van der Waals surface area contributed by atoms with Gasteiger partial charge in [0, 0.05) is 32.7 Å². The van der Waals surface area contributed by atoms with E-state index in [1.54, 1.807) is 7.11 Å². The number of methoxy groups -OCH3 is 1. The highest BCUT2D eigenvalue weighted by molar-refractivity contribution is 5.77. The molecule has 0 bridgehead atoms. The van der Waals surface area contributed by atoms with Gasteiger partial charge in [0.15, 0.2) is 0 Å². The molecule has 3 atom stereocenters. The minimum atomic E-state index is -0.0390. The molecule has 4 heteroatoms. The number of amides is 1. The molecule has 1 fully saturated rings. The van der Waals surface area contributed by atoms with E-state index in [0.717, 1.165) is 13.0 Å². The van der Waals surface area contributed by atoms with Crippen LogP contribution in [0.25, 0.3) is 0 Å². The van der Waals surface area contributed by atoms with E-state index in [9.17, 15) is 4.79 Å². The molecule has 4 nitrogen and oxygen atoms in total. The highest BCUT2D eigenvalue weighted by Crippen LogP contribution is 2.20. The van der Waals surface area contributed by atoms with Crippen molar-refractivity contribution in [2.75, 3.05) is 20.2 Å². The number of nitrogens with two attached hydrogens (primary N) is 1. The van der Waals surface area contributed by atoms with Crippen LogP contribution in [-0.2, 0) is 9.53 Å². The number of nitrogens with zero attached hydrogens (tertiary/aromatic N) is 1. The van der Waals surface area contributed by atoms with Crippen LogP contribution in [0.5, 0.6) is 0 Å². The van der Waals surface area contributed by atoms with Gasteiger partial charge in [0.25, 0.3) is 0 Å². The Kier molecular flexibility index (Phi) is 5.40. The van der Waals surface area contributed by atoms with Gasteiger partial charge in [0.1, 0.15) is 0 Å². The van der Waals surface area contributed by atoms with E-state index in [2.05, 4.69) is 6.92 Å². The second-order valence-corrected chi connectivity index (χ2v) is 5.49. The zero-order valence-corrected chi connectivity index (χ0v) is 11.5. The van der Waals surface area contributed by atoms with E-state index in [-0.39, 0.29) is 18.1 Å². The molecule has 0 aromatic heterocycles. The van der Waals surface area contributed by atoms with Crippen molar-refractivity contribution in [2.24, 2.45) is 17.6 Å². The van der Waals surface area contributed by atoms with Gasteiger partial charge in [-0.1, -0.05) is 20.8 Å². The summed E-state index contributed by atoms with van der Waals surface area (Å²) in [4.78, 5) is 14.0. The first-order valence-corrected chi connectivity index (χ1v) is 6.51. The molecular formula is C13H26N2O2. The highest BCUT2D eigenvalue weighted by atomic mass is 16.5. The molecule has 17 heavy (non-hydrogen) atoms. The average Bonchev–Trinajstić information content (AvgIpc) is 2.29. The van der Waals surface area contributed by atoms with E-state index < -0.39 is 0 Å². The van der Waals surface area contributed by atoms with Gasteiger partial charge in [-0.2, -0.15) is 0 Å². The summed E-state index contributed by atoms with van der Waals surface area (Å²) in [5, 5.41) is 0. The van der Waals surface area contributed by atoms with Gasteiger partial charge in [0.05, 0.1) is 6.10 Å². The summed E-state index contributed by atoms with van der Waals surface area (Å²) in [6, 6.07) is -0.0390. The molecule has 1 aliphatic heterocycles. The van der Waals surface area contributed by atoms with Gasteiger partial charge in [-0.05, 0) is 18.3 Å². The van der Waals surface area contributed by atoms with E-state index in [1.807, 2.05) is 18.7 Å². The molecule has 1 amide bonds. The van der Waals surface area contributed by atoms with Crippen LogP contribution in [0.2, 0.25) is 0 Å². The van der Waals surface area contributed by atoms with Crippen LogP contribution in [0.1, 0.15) is 33.6 Å². The Morgan fingerprint density at radius 3 is 2.71 bits per heavy atom. The first-order valence-electron chi connectivity index (χ1n) is 6.51. The van der Waals surface area contributed by atoms with Crippen LogP contribution in [0.3, 0.4) is 0 Å². The second kappa shape index (κ2) is 6.36. The summed E-state index contributed by atoms with van der Waals surface area (Å²) >= 11 is 0. The predicted molar refractivity (Wildman–Crippen MR) is 68.6 cm³/mol. The topological polar surface area (TPSA) is 55.6 Å². The van der Waals surface area contributed by atoms with Gasteiger partial charge < -0.3 is 15.4 Å². The van der Waals surface area contributed by atoms with Crippen molar-refractivity contribution < 1.29 is 9.53 Å². The fourth-order valence-corrected chi connectivity index (χ4v) is 2.13. The highest BCUT2D eigenvalue weighted by Gasteiger charge is 2.29. The third-order valence-electron chi connectivity index (χ3n) is 3.81. The molecule has 2 N–H and O–H groups in total. The van der Waals surface area contributed by atoms with Crippen molar-refractivity contribution in [3.63, 3.8) is 0 Å². The van der Waals surface area contributed by atoms with Crippen molar-refractivity contribution in [2.45, 2.75) is 45.8 Å². The summed E-state index contributed by atoms with van der Waals surface area (Å²) in [5.41, 5.74) is 5.94. The number of ether oxygens (including phenoxy) is 1. The molecule has 0 aliphatic carbocycles. The molecular weight excluding hydrogens is 216 g/mol. The van der Waals surface area contributed by atoms with Crippen LogP contribution in [-0.4, -0.2) is 43.2 Å². The van der Waals surface area contributed by atoms with Gasteiger partial charge in [-0.15, -0.1) is 0 Å². The lowest BCUT2D eigenvalue weighted by molar-refractivity contribution is -0.136. The first-order chi connectivity index (χ1) is 7.95. The van der Waals surface area contributed by atoms with E-state index >= 15 is 0 Å². The molecule has 0 spiro atoms. The molecule has 0 aromatic rings. The molecule has 1 heterocycles. The third-order valence-corrected chi connectivity index (χ3v) is 3.81. The minimum Gasteiger partial charge on any atom is -0.379 e. The maximum atomic E-state index is 12.1. The fourth-order valence-electron chi connectivity index (χ4n) is 2.13. The van der Waals surface area contributed by atoms with Crippen molar-refractivity contribution in [3.05, 3.63) is 0 Å². The van der Waals surface area contributed by atoms with Crippen LogP contribution in [0.15, 0.2) is 0 Å². The normalized spacial score (nSPS) is 27.3. The molecule has 100 valence electrons. The molecule has 0 saturated carbocycles. The maximum Gasteiger partial charge on any atom is 0.224 e. The first kappa shape index (κ1) is 14.5. The Morgan fingerprint density at radius 2 is 2.18 bits per heavy atom. The lowest BCUT2D eigenvalue weighted by Crippen LogP contribution is -2.48. The Labute approximate surface area is 104 Å². The van der Waals surface area contributed by atoms with Crippen molar-refractivity contribution >= 4 is 5.91 Å². The van der Waals surface area contributed by atoms with Crippen LogP contribution < -0.4 is 5.73 Å². The second-order valence-electron chi connectivity index (χ2n) is 5.49. The molecule has 1 rings (SSSR count). The quantitative estimate of drug-likeness (QED) is 0.807. The van der Waals surface area contributed by atoms with Gasteiger partial charge in [0.2, 0.25) is 5.91 Å². The summed E-state index contributed by atoms with van der Waals surface area (Å²) in [6.45, 7) is 7.82. The number of carbonyl (C=O) groups excluding carboxylic acids is 1. The average molecular weight is 242 g/mol. The lowest BCUT2D eigenvalue weighted by atomic mass is 9.94. The molecule has 0 radical (unpaired) electrons. The van der Waals surface area contributed by atoms with Crippen LogP contribution >= 0.6 is 0 Å². The van der Waals surface area contributed by atoms with Crippen LogP contribution in [0, 0.1) is 11.8 Å². The lowest BCUT2D eigenvalue weighted by Gasteiger charge is -2.36. The molecule has 3 unspecified atom stereocenters. The largest absolute Gasteiger partial charge is 0.379 e. The standard InChI is InChI=1S/C13H26N2O2/c1-9(2)11(14)7-13(16)15-6-5-10(3)12(8-15)17-4/h9-12H,5-8,14H2,1-4H3. The van der Waals surface area contributed by atoms with Gasteiger partial charge in [-0.25, -0.2) is 0 Å². The zero-order valence-electron chi connectivity index (χ0n) is 11.5. The zero-order chi connectivity index (χ0) is 13.0. The maximum absolute atomic E-state index is 12.1. The summed E-state index contributed by atoms with van der Waals surface area (Å²) in [6.07, 6.45) is 1.63. The summed E-state index contributed by atoms with van der Waals surface area (Å²) in [7, 11) is 1.72. The summed E-state index contributed by atoms with van der Waals surface area (Å²) < 4.78 is 5.41. The third kappa shape index (κ3) is 3.96. The number of rotatable bonds is 4. The smallest absolute Gasteiger partial charge is 0.224 e. The number of likely N-dealkylation sites (tertiary alicyclic amines) is 1. The predicted octanol–water partition coefficient (Wildman–Crippen LogP) is 1.24. The van der Waals surface area contributed by atoms with Crippen molar-refractivity contribution in [3.8, 4) is 0 Å². The molecule has 1 aliphatic rings. The minimum absolute atomic E-state index is 0.0390. The van der Waals surface area contributed by atoms with Crippen LogP contribution in [0.4, 0.5) is 0 Å². The Hall–Kier alpha value is -0.610. The van der Waals surface area contributed by atoms with Crippen molar-refractivity contribution in [1.29, 1.82) is 0 Å². The fraction of sp³-hybridized carbons (Fsp3) is 0.923. The van der Waals surface area contributed by atoms with E-state index in [4.69, 9.17) is 10.5 Å².